The first-order valence-corrected chi connectivity index (χ1v) is 17.8. The van der Waals surface area contributed by atoms with Crippen LogP contribution in [0, 0.1) is 11.8 Å². The lowest BCUT2D eigenvalue weighted by Crippen LogP contribution is -2.59. The van der Waals surface area contributed by atoms with Crippen molar-refractivity contribution in [2.24, 2.45) is 11.8 Å². The molecule has 2 fully saturated rings. The minimum Gasteiger partial charge on any atom is -0.481 e. The smallest absolute Gasteiger partial charge is 0.407 e. The molecule has 4 amide bonds. The summed E-state index contributed by atoms with van der Waals surface area (Å²) in [5.41, 5.74) is 0.424. The Morgan fingerprint density at radius 2 is 1.53 bits per heavy atom. The van der Waals surface area contributed by atoms with Gasteiger partial charge in [-0.3, -0.25) is 28.8 Å². The van der Waals surface area contributed by atoms with Crippen molar-refractivity contribution < 1.29 is 52.9 Å². The van der Waals surface area contributed by atoms with E-state index in [0.29, 0.717) is 24.8 Å². The normalized spacial score (nSPS) is 17.4. The van der Waals surface area contributed by atoms with Crippen molar-refractivity contribution in [3.05, 3.63) is 35.9 Å². The maximum absolute atomic E-state index is 13.8. The number of amides is 4. The lowest BCUT2D eigenvalue weighted by atomic mass is 9.83. The molecular weight excluding hydrogens is 664 g/mol. The van der Waals surface area contributed by atoms with Crippen LogP contribution in [-0.4, -0.2) is 97.2 Å². The summed E-state index contributed by atoms with van der Waals surface area (Å²) in [6.07, 6.45) is 2.57. The van der Waals surface area contributed by atoms with E-state index in [-0.39, 0.29) is 44.5 Å². The van der Waals surface area contributed by atoms with Gasteiger partial charge in [-0.05, 0) is 36.7 Å². The monoisotopic (exact) mass is 716 g/mol. The van der Waals surface area contributed by atoms with Gasteiger partial charge in [0.25, 0.3) is 5.91 Å². The fraction of sp³-hybridized carbons (Fsp3) is 0.639. The standard InChI is InChI=1S/C36H52N4O11/c1-4-11-27(31(42)34(45)37-20-25(41)18-26(35(46)47)23-12-7-5-8-13-23)38-32(43)28(19-29-49-16-17-50-29)39-33(44)30(24-14-9-6-10-15-24)40-36(48)51-21-22(2)3/h5,7-8,12-13,22,24,26-30H,4,6,9-11,14-21H2,1-3H3,(H,37,45)(H,38,43)(H,39,44)(H,40,48)(H,46,47)/t26?,27?,28-,30-/m0/s1. The minimum absolute atomic E-state index is 0.0755. The first-order chi connectivity index (χ1) is 24.4. The van der Waals surface area contributed by atoms with E-state index in [1.807, 2.05) is 13.8 Å². The molecule has 51 heavy (non-hydrogen) atoms. The van der Waals surface area contributed by atoms with Crippen molar-refractivity contribution in [3.63, 3.8) is 0 Å². The number of carbonyl (C=O) groups is 7. The third-order valence-corrected chi connectivity index (χ3v) is 8.79. The van der Waals surface area contributed by atoms with Gasteiger partial charge in [-0.2, -0.15) is 0 Å². The molecule has 0 bridgehead atoms. The zero-order valence-electron chi connectivity index (χ0n) is 29.7. The summed E-state index contributed by atoms with van der Waals surface area (Å²) < 4.78 is 16.3. The Bertz CT molecular complexity index is 1340. The van der Waals surface area contributed by atoms with Gasteiger partial charge in [-0.15, -0.1) is 0 Å². The molecule has 15 heteroatoms. The molecule has 1 aromatic carbocycles. The number of ether oxygens (including phenoxy) is 3. The van der Waals surface area contributed by atoms with Gasteiger partial charge in [-0.25, -0.2) is 4.79 Å². The second-order valence-corrected chi connectivity index (χ2v) is 13.4. The summed E-state index contributed by atoms with van der Waals surface area (Å²) in [6.45, 7) is 5.68. The van der Waals surface area contributed by atoms with Crippen LogP contribution in [0.1, 0.15) is 90.0 Å². The molecule has 1 aliphatic heterocycles. The lowest BCUT2D eigenvalue weighted by molar-refractivity contribution is -0.142. The molecule has 5 N–H and O–H groups in total. The van der Waals surface area contributed by atoms with Gasteiger partial charge in [-0.1, -0.05) is 76.8 Å². The Hall–Kier alpha value is -4.37. The molecule has 2 unspecified atom stereocenters. The van der Waals surface area contributed by atoms with Gasteiger partial charge in [0.05, 0.1) is 38.3 Å². The summed E-state index contributed by atoms with van der Waals surface area (Å²) in [4.78, 5) is 90.7. The fourth-order valence-corrected chi connectivity index (χ4v) is 6.09. The van der Waals surface area contributed by atoms with Gasteiger partial charge in [0, 0.05) is 12.8 Å². The minimum atomic E-state index is -1.29. The van der Waals surface area contributed by atoms with Gasteiger partial charge in [0.2, 0.25) is 17.6 Å². The number of carboxylic acids is 1. The number of carboxylic acid groups (broad SMARTS) is 1. The highest BCUT2D eigenvalue weighted by Crippen LogP contribution is 2.27. The van der Waals surface area contributed by atoms with E-state index in [4.69, 9.17) is 14.2 Å². The molecular formula is C36H52N4O11. The summed E-state index contributed by atoms with van der Waals surface area (Å²) in [5.74, 6) is -6.54. The second-order valence-electron chi connectivity index (χ2n) is 13.4. The van der Waals surface area contributed by atoms with Gasteiger partial charge in [0.1, 0.15) is 12.1 Å². The Morgan fingerprint density at radius 1 is 0.882 bits per heavy atom. The number of hydrogen-bond acceptors (Lipinski definition) is 10. The van der Waals surface area contributed by atoms with Crippen LogP contribution < -0.4 is 21.3 Å². The van der Waals surface area contributed by atoms with E-state index in [1.54, 1.807) is 37.3 Å². The molecule has 3 rings (SSSR count). The van der Waals surface area contributed by atoms with E-state index in [9.17, 15) is 38.7 Å². The predicted molar refractivity (Wildman–Crippen MR) is 183 cm³/mol. The molecule has 4 atom stereocenters. The Morgan fingerprint density at radius 3 is 2.14 bits per heavy atom. The van der Waals surface area contributed by atoms with Crippen LogP contribution in [0.25, 0.3) is 0 Å². The number of alkyl carbamates (subject to hydrolysis) is 1. The highest BCUT2D eigenvalue weighted by Gasteiger charge is 2.37. The van der Waals surface area contributed by atoms with E-state index < -0.39 is 84.6 Å². The largest absolute Gasteiger partial charge is 0.481 e. The zero-order chi connectivity index (χ0) is 37.3. The van der Waals surface area contributed by atoms with Crippen LogP contribution >= 0.6 is 0 Å². The second kappa shape index (κ2) is 21.1. The van der Waals surface area contributed by atoms with Crippen molar-refractivity contribution >= 4 is 41.4 Å². The number of hydrogen-bond donors (Lipinski definition) is 5. The third kappa shape index (κ3) is 13.7. The highest BCUT2D eigenvalue weighted by atomic mass is 16.7. The molecule has 1 saturated carbocycles. The SMILES string of the molecule is CCCC(NC(=O)[C@H](CC1OCCO1)NC(=O)[C@@H](NC(=O)OCC(C)C)C1CCCCC1)C(=O)C(=O)NCC(=O)CC(C(=O)O)c1ccccc1. The maximum Gasteiger partial charge on any atom is 0.407 e. The van der Waals surface area contributed by atoms with Crippen LogP contribution in [0.5, 0.6) is 0 Å². The van der Waals surface area contributed by atoms with E-state index in [0.717, 1.165) is 19.3 Å². The zero-order valence-corrected chi connectivity index (χ0v) is 29.7. The first-order valence-electron chi connectivity index (χ1n) is 17.8. The molecule has 282 valence electrons. The third-order valence-electron chi connectivity index (χ3n) is 8.79. The average Bonchev–Trinajstić information content (AvgIpc) is 3.64. The average molecular weight is 717 g/mol. The van der Waals surface area contributed by atoms with E-state index in [1.165, 1.54) is 0 Å². The van der Waals surface area contributed by atoms with Crippen LogP contribution in [0.4, 0.5) is 4.79 Å². The predicted octanol–water partition coefficient (Wildman–Crippen LogP) is 2.36. The number of carbonyl (C=O) groups excluding carboxylic acids is 6. The molecule has 1 aliphatic carbocycles. The van der Waals surface area contributed by atoms with Gasteiger partial charge in [0.15, 0.2) is 12.1 Å². The van der Waals surface area contributed by atoms with E-state index >= 15 is 0 Å². The number of Topliss-reactive ketones (excluding diaryl/α,β-unsaturated/α-hetero) is 2. The molecule has 15 nitrogen and oxygen atoms in total. The van der Waals surface area contributed by atoms with Crippen molar-refractivity contribution in [2.45, 2.75) is 109 Å². The van der Waals surface area contributed by atoms with Crippen molar-refractivity contribution in [2.75, 3.05) is 26.4 Å². The molecule has 2 aliphatic rings. The number of rotatable bonds is 20. The van der Waals surface area contributed by atoms with Gasteiger partial charge >= 0.3 is 12.1 Å². The van der Waals surface area contributed by atoms with Gasteiger partial charge < -0.3 is 40.6 Å². The number of aliphatic carboxylic acids is 1. The molecule has 1 saturated heterocycles. The maximum atomic E-state index is 13.8. The van der Waals surface area contributed by atoms with Crippen molar-refractivity contribution in [1.29, 1.82) is 0 Å². The lowest BCUT2D eigenvalue weighted by Gasteiger charge is -2.31. The number of ketones is 2. The van der Waals surface area contributed by atoms with Crippen molar-refractivity contribution in [1.82, 2.24) is 21.3 Å². The van der Waals surface area contributed by atoms with Crippen LogP contribution in [0.2, 0.25) is 0 Å². The summed E-state index contributed by atoms with van der Waals surface area (Å²) in [5, 5.41) is 19.9. The molecule has 1 heterocycles. The Balaban J connectivity index is 1.68. The van der Waals surface area contributed by atoms with Crippen LogP contribution in [-0.2, 0) is 43.0 Å². The molecule has 0 aromatic heterocycles. The summed E-state index contributed by atoms with van der Waals surface area (Å²) >= 11 is 0. The summed E-state index contributed by atoms with van der Waals surface area (Å²) in [6, 6.07) is 4.65. The van der Waals surface area contributed by atoms with E-state index in [2.05, 4.69) is 21.3 Å². The first kappa shape index (κ1) is 41.1. The Labute approximate surface area is 298 Å². The quantitative estimate of drug-likeness (QED) is 0.124. The summed E-state index contributed by atoms with van der Waals surface area (Å²) in [7, 11) is 0. The molecule has 0 radical (unpaired) electrons. The molecule has 0 spiro atoms. The topological polar surface area (TPSA) is 216 Å². The number of nitrogens with one attached hydrogen (secondary N) is 4. The Kier molecular flexibility index (Phi) is 17.0. The number of benzene rings is 1. The van der Waals surface area contributed by atoms with Crippen LogP contribution in [0.3, 0.4) is 0 Å². The van der Waals surface area contributed by atoms with Crippen molar-refractivity contribution in [3.8, 4) is 0 Å². The van der Waals surface area contributed by atoms with Crippen LogP contribution in [0.15, 0.2) is 30.3 Å². The molecule has 1 aromatic rings. The fourth-order valence-electron chi connectivity index (χ4n) is 6.09. The highest BCUT2D eigenvalue weighted by molar-refractivity contribution is 6.38.